The second kappa shape index (κ2) is 6.56. The Kier molecular flexibility index (Phi) is 3.90. The maximum Gasteiger partial charge on any atom is 0.262 e. The van der Waals surface area contributed by atoms with Crippen molar-refractivity contribution in [1.29, 1.82) is 0 Å². The summed E-state index contributed by atoms with van der Waals surface area (Å²) in [6.07, 6.45) is -0.689. The summed E-state index contributed by atoms with van der Waals surface area (Å²) in [6.45, 7) is 0.935. The van der Waals surface area contributed by atoms with Gasteiger partial charge >= 0.3 is 0 Å². The minimum absolute atomic E-state index is 0.209. The molecule has 3 aromatic carbocycles. The first-order valence-electron chi connectivity index (χ1n) is 9.05. The predicted molar refractivity (Wildman–Crippen MR) is 103 cm³/mol. The summed E-state index contributed by atoms with van der Waals surface area (Å²) in [7, 11) is 0. The third-order valence-corrected chi connectivity index (χ3v) is 4.93. The van der Waals surface area contributed by atoms with Gasteiger partial charge in [0.1, 0.15) is 25.2 Å². The highest BCUT2D eigenvalue weighted by atomic mass is 19.1. The van der Waals surface area contributed by atoms with E-state index >= 15 is 0 Å². The number of anilines is 2. The molecule has 1 amide bonds. The van der Waals surface area contributed by atoms with Crippen molar-refractivity contribution in [1.82, 2.24) is 0 Å². The minimum atomic E-state index is -0.689. The number of para-hydroxylation sites is 1. The Morgan fingerprint density at radius 3 is 2.54 bits per heavy atom. The Morgan fingerprint density at radius 1 is 0.929 bits per heavy atom. The van der Waals surface area contributed by atoms with E-state index in [9.17, 15) is 9.18 Å². The summed E-state index contributed by atoms with van der Waals surface area (Å²) in [5.41, 5.74) is 2.20. The molecule has 1 unspecified atom stereocenters. The Bertz CT molecular complexity index is 1070. The van der Waals surface area contributed by atoms with Gasteiger partial charge in [-0.15, -0.1) is 0 Å². The highest BCUT2D eigenvalue weighted by Gasteiger charge is 2.35. The molecule has 2 aliphatic heterocycles. The van der Waals surface area contributed by atoms with Crippen molar-refractivity contribution >= 4 is 17.3 Å². The van der Waals surface area contributed by atoms with Crippen molar-refractivity contribution in [2.24, 2.45) is 0 Å². The van der Waals surface area contributed by atoms with E-state index in [1.165, 1.54) is 6.07 Å². The second-order valence-corrected chi connectivity index (χ2v) is 6.62. The van der Waals surface area contributed by atoms with E-state index in [1.807, 2.05) is 18.2 Å². The SMILES string of the molecule is O=C1c2ccccc2NC(c2ccccc2F)N1c1ccc2c(c1)OCCO2. The number of rotatable bonds is 2. The molecule has 0 fully saturated rings. The van der Waals surface area contributed by atoms with E-state index in [4.69, 9.17) is 9.47 Å². The van der Waals surface area contributed by atoms with Gasteiger partial charge in [-0.2, -0.15) is 0 Å². The second-order valence-electron chi connectivity index (χ2n) is 6.62. The number of fused-ring (bicyclic) bond motifs is 2. The summed E-state index contributed by atoms with van der Waals surface area (Å²) >= 11 is 0. The van der Waals surface area contributed by atoms with Crippen LogP contribution in [0.3, 0.4) is 0 Å². The lowest BCUT2D eigenvalue weighted by atomic mass is 10.0. The first-order chi connectivity index (χ1) is 13.7. The summed E-state index contributed by atoms with van der Waals surface area (Å²) in [5.74, 6) is 0.618. The monoisotopic (exact) mass is 376 g/mol. The summed E-state index contributed by atoms with van der Waals surface area (Å²) < 4.78 is 25.9. The van der Waals surface area contributed by atoms with E-state index in [2.05, 4.69) is 5.32 Å². The maximum atomic E-state index is 14.6. The molecule has 0 saturated heterocycles. The first-order valence-corrected chi connectivity index (χ1v) is 9.05. The third kappa shape index (κ3) is 2.65. The molecule has 0 saturated carbocycles. The van der Waals surface area contributed by atoms with E-state index in [0.29, 0.717) is 47.2 Å². The smallest absolute Gasteiger partial charge is 0.262 e. The summed E-state index contributed by atoms with van der Waals surface area (Å²) in [5, 5.41) is 3.31. The molecule has 0 spiro atoms. The number of hydrogen-bond donors (Lipinski definition) is 1. The molecule has 2 aliphatic rings. The van der Waals surface area contributed by atoms with Crippen molar-refractivity contribution in [2.45, 2.75) is 6.17 Å². The van der Waals surface area contributed by atoms with Crippen LogP contribution in [0.15, 0.2) is 66.7 Å². The van der Waals surface area contributed by atoms with Crippen LogP contribution in [0.5, 0.6) is 11.5 Å². The minimum Gasteiger partial charge on any atom is -0.486 e. The van der Waals surface area contributed by atoms with Crippen LogP contribution in [0.4, 0.5) is 15.8 Å². The van der Waals surface area contributed by atoms with Gasteiger partial charge in [-0.25, -0.2) is 4.39 Å². The Morgan fingerprint density at radius 2 is 1.68 bits per heavy atom. The first kappa shape index (κ1) is 16.6. The van der Waals surface area contributed by atoms with Gasteiger partial charge in [0.05, 0.1) is 11.3 Å². The van der Waals surface area contributed by atoms with Crippen LogP contribution in [-0.4, -0.2) is 19.1 Å². The number of hydrogen-bond acceptors (Lipinski definition) is 4. The van der Waals surface area contributed by atoms with Gasteiger partial charge < -0.3 is 14.8 Å². The lowest BCUT2D eigenvalue weighted by Crippen LogP contribution is -2.43. The normalized spacial score (nSPS) is 17.7. The molecule has 28 heavy (non-hydrogen) atoms. The molecule has 0 bridgehead atoms. The number of halogens is 1. The maximum absolute atomic E-state index is 14.6. The Hall–Kier alpha value is -3.54. The molecule has 1 N–H and O–H groups in total. The zero-order chi connectivity index (χ0) is 19.1. The summed E-state index contributed by atoms with van der Waals surface area (Å²) in [6, 6.07) is 19.0. The number of benzene rings is 3. The van der Waals surface area contributed by atoms with E-state index < -0.39 is 6.17 Å². The molecule has 0 aromatic heterocycles. The van der Waals surface area contributed by atoms with Crippen LogP contribution >= 0.6 is 0 Å². The van der Waals surface area contributed by atoms with E-state index in [-0.39, 0.29) is 11.7 Å². The van der Waals surface area contributed by atoms with Gasteiger partial charge in [-0.3, -0.25) is 9.69 Å². The largest absolute Gasteiger partial charge is 0.486 e. The lowest BCUT2D eigenvalue weighted by molar-refractivity contribution is 0.0974. The van der Waals surface area contributed by atoms with Crippen LogP contribution in [0, 0.1) is 5.82 Å². The molecule has 1 atom stereocenters. The fourth-order valence-corrected chi connectivity index (χ4v) is 3.62. The van der Waals surface area contributed by atoms with Crippen LogP contribution in [-0.2, 0) is 0 Å². The summed E-state index contributed by atoms with van der Waals surface area (Å²) in [4.78, 5) is 14.9. The zero-order valence-electron chi connectivity index (χ0n) is 14.9. The average Bonchev–Trinajstić information content (AvgIpc) is 2.74. The molecule has 5 nitrogen and oxygen atoms in total. The fourth-order valence-electron chi connectivity index (χ4n) is 3.62. The molecule has 3 aromatic rings. The van der Waals surface area contributed by atoms with Gasteiger partial charge in [0.25, 0.3) is 5.91 Å². The van der Waals surface area contributed by atoms with E-state index in [0.717, 1.165) is 0 Å². The number of carbonyl (C=O) groups excluding carboxylic acids is 1. The Balaban J connectivity index is 1.66. The number of amides is 1. The van der Waals surface area contributed by atoms with Crippen LogP contribution in [0.25, 0.3) is 0 Å². The molecule has 0 aliphatic carbocycles. The van der Waals surface area contributed by atoms with Gasteiger partial charge in [0.2, 0.25) is 0 Å². The molecular formula is C22H17FN2O3. The standard InChI is InChI=1S/C22H17FN2O3/c23-17-7-3-1-5-15(17)21-24-18-8-4-2-6-16(18)22(26)25(21)14-9-10-19-20(13-14)28-12-11-27-19/h1-10,13,21,24H,11-12H2. The lowest BCUT2D eigenvalue weighted by Gasteiger charge is -2.38. The topological polar surface area (TPSA) is 50.8 Å². The number of ether oxygens (including phenoxy) is 2. The highest BCUT2D eigenvalue weighted by Crippen LogP contribution is 2.41. The molecule has 0 radical (unpaired) electrons. The van der Waals surface area contributed by atoms with Crippen molar-refractivity contribution in [3.63, 3.8) is 0 Å². The van der Waals surface area contributed by atoms with Gasteiger partial charge in [-0.1, -0.05) is 30.3 Å². The van der Waals surface area contributed by atoms with Crippen LogP contribution < -0.4 is 19.7 Å². The fraction of sp³-hybridized carbons (Fsp3) is 0.136. The third-order valence-electron chi connectivity index (χ3n) is 4.93. The molecule has 2 heterocycles. The number of nitrogens with one attached hydrogen (secondary N) is 1. The van der Waals surface area contributed by atoms with Crippen molar-refractivity contribution in [2.75, 3.05) is 23.4 Å². The van der Waals surface area contributed by atoms with Crippen molar-refractivity contribution in [3.8, 4) is 11.5 Å². The van der Waals surface area contributed by atoms with Gasteiger partial charge in [0.15, 0.2) is 11.5 Å². The number of nitrogens with zero attached hydrogens (tertiary/aromatic N) is 1. The number of carbonyl (C=O) groups is 1. The van der Waals surface area contributed by atoms with E-state index in [1.54, 1.807) is 47.4 Å². The predicted octanol–water partition coefficient (Wildman–Crippen LogP) is 4.37. The Labute approximate surface area is 161 Å². The van der Waals surface area contributed by atoms with Crippen molar-refractivity contribution in [3.05, 3.63) is 83.7 Å². The quantitative estimate of drug-likeness (QED) is 0.722. The average molecular weight is 376 g/mol. The van der Waals surface area contributed by atoms with Crippen LogP contribution in [0.2, 0.25) is 0 Å². The van der Waals surface area contributed by atoms with Gasteiger partial charge in [0, 0.05) is 17.3 Å². The molecule has 6 heteroatoms. The molecule has 5 rings (SSSR count). The zero-order valence-corrected chi connectivity index (χ0v) is 14.9. The highest BCUT2D eigenvalue weighted by molar-refractivity contribution is 6.12. The van der Waals surface area contributed by atoms with Gasteiger partial charge in [-0.05, 0) is 30.3 Å². The van der Waals surface area contributed by atoms with Crippen molar-refractivity contribution < 1.29 is 18.7 Å². The molecular weight excluding hydrogens is 359 g/mol. The van der Waals surface area contributed by atoms with Crippen LogP contribution in [0.1, 0.15) is 22.1 Å². The molecule has 140 valence electrons.